The minimum atomic E-state index is 0.197. The van der Waals surface area contributed by atoms with Gasteiger partial charge in [0.1, 0.15) is 5.75 Å². The van der Waals surface area contributed by atoms with E-state index in [1.54, 1.807) is 0 Å². The van der Waals surface area contributed by atoms with Crippen LogP contribution in [0.5, 0.6) is 5.75 Å². The van der Waals surface area contributed by atoms with E-state index in [0.717, 1.165) is 44.6 Å². The Morgan fingerprint density at radius 3 is 2.85 bits per heavy atom. The van der Waals surface area contributed by atoms with Crippen molar-refractivity contribution in [3.8, 4) is 5.75 Å². The number of methoxy groups -OCH3 is 1. The van der Waals surface area contributed by atoms with Crippen molar-refractivity contribution in [2.75, 3.05) is 20.3 Å². The molecule has 1 aliphatic heterocycles. The number of para-hydroxylation sites is 1. The molecular formula is C17H27NO2. The van der Waals surface area contributed by atoms with Crippen molar-refractivity contribution in [2.24, 2.45) is 0 Å². The summed E-state index contributed by atoms with van der Waals surface area (Å²) in [5.74, 6) is 1.08. The Hall–Kier alpha value is -1.06. The van der Waals surface area contributed by atoms with E-state index in [4.69, 9.17) is 9.47 Å². The zero-order valence-electron chi connectivity index (χ0n) is 12.9. The summed E-state index contributed by atoms with van der Waals surface area (Å²) in [4.78, 5) is 0. The first-order valence-electron chi connectivity index (χ1n) is 7.82. The molecule has 1 N–H and O–H groups in total. The number of nitrogens with one attached hydrogen (secondary N) is 1. The molecule has 3 nitrogen and oxygen atoms in total. The molecule has 112 valence electrons. The van der Waals surface area contributed by atoms with Crippen molar-refractivity contribution in [3.63, 3.8) is 0 Å². The molecule has 0 amide bonds. The van der Waals surface area contributed by atoms with Crippen molar-refractivity contribution in [1.29, 1.82) is 0 Å². The smallest absolute Gasteiger partial charge is 0.127 e. The number of hydrogen-bond donors (Lipinski definition) is 1. The average Bonchev–Trinajstić information content (AvgIpc) is 2.95. The van der Waals surface area contributed by atoms with Crippen LogP contribution in [0.4, 0.5) is 0 Å². The zero-order chi connectivity index (χ0) is 14.4. The number of rotatable bonds is 8. The zero-order valence-corrected chi connectivity index (χ0v) is 12.9. The Labute approximate surface area is 122 Å². The lowest BCUT2D eigenvalue weighted by Gasteiger charge is -2.28. The fraction of sp³-hybridized carbons (Fsp3) is 0.647. The van der Waals surface area contributed by atoms with Gasteiger partial charge >= 0.3 is 0 Å². The predicted molar refractivity (Wildman–Crippen MR) is 82.4 cm³/mol. The van der Waals surface area contributed by atoms with Crippen LogP contribution in [0.1, 0.15) is 50.3 Å². The molecule has 0 aliphatic carbocycles. The number of benzene rings is 1. The lowest BCUT2D eigenvalue weighted by atomic mass is 9.95. The van der Waals surface area contributed by atoms with Gasteiger partial charge in [-0.1, -0.05) is 38.5 Å². The first kappa shape index (κ1) is 15.3. The van der Waals surface area contributed by atoms with E-state index < -0.39 is 0 Å². The highest BCUT2D eigenvalue weighted by atomic mass is 16.5. The summed E-state index contributed by atoms with van der Waals surface area (Å²) in [6.07, 6.45) is 4.52. The van der Waals surface area contributed by atoms with Gasteiger partial charge in [0.05, 0.1) is 18.8 Å². The van der Waals surface area contributed by atoms with E-state index >= 15 is 0 Å². The van der Waals surface area contributed by atoms with Crippen LogP contribution < -0.4 is 10.1 Å². The summed E-state index contributed by atoms with van der Waals surface area (Å²) >= 11 is 0. The van der Waals surface area contributed by atoms with E-state index in [1.165, 1.54) is 11.1 Å². The minimum Gasteiger partial charge on any atom is -0.493 e. The molecule has 2 unspecified atom stereocenters. The van der Waals surface area contributed by atoms with Crippen LogP contribution in [-0.4, -0.2) is 26.4 Å². The van der Waals surface area contributed by atoms with Crippen molar-refractivity contribution in [1.82, 2.24) is 5.32 Å². The maximum Gasteiger partial charge on any atom is 0.127 e. The summed E-state index contributed by atoms with van der Waals surface area (Å²) in [6.45, 7) is 6.20. The standard InChI is InChI=1S/C17H27NO2/c1-4-7-15(19-3)16(18-11-5-2)14-9-6-8-13-10-12-20-17(13)14/h6,8-9,15-16,18H,4-5,7,10-12H2,1-3H3. The van der Waals surface area contributed by atoms with Gasteiger partial charge in [-0.25, -0.2) is 0 Å². The van der Waals surface area contributed by atoms with Crippen molar-refractivity contribution in [2.45, 2.75) is 51.7 Å². The van der Waals surface area contributed by atoms with Crippen LogP contribution in [0.15, 0.2) is 18.2 Å². The molecule has 0 fully saturated rings. The second-order valence-electron chi connectivity index (χ2n) is 5.43. The molecule has 2 atom stereocenters. The Balaban J connectivity index is 2.28. The van der Waals surface area contributed by atoms with Gasteiger partial charge < -0.3 is 14.8 Å². The second-order valence-corrected chi connectivity index (χ2v) is 5.43. The highest BCUT2D eigenvalue weighted by molar-refractivity contribution is 5.46. The molecule has 1 aliphatic rings. The van der Waals surface area contributed by atoms with E-state index in [1.807, 2.05) is 7.11 Å². The lowest BCUT2D eigenvalue weighted by Crippen LogP contribution is -2.34. The van der Waals surface area contributed by atoms with Gasteiger partial charge in [-0.2, -0.15) is 0 Å². The normalized spacial score (nSPS) is 16.6. The quantitative estimate of drug-likeness (QED) is 0.789. The van der Waals surface area contributed by atoms with Gasteiger partial charge in [0, 0.05) is 19.1 Å². The van der Waals surface area contributed by atoms with E-state index in [0.29, 0.717) is 0 Å². The highest BCUT2D eigenvalue weighted by Crippen LogP contribution is 2.36. The van der Waals surface area contributed by atoms with Crippen LogP contribution in [0.25, 0.3) is 0 Å². The fourth-order valence-electron chi connectivity index (χ4n) is 2.93. The van der Waals surface area contributed by atoms with E-state index in [9.17, 15) is 0 Å². The highest BCUT2D eigenvalue weighted by Gasteiger charge is 2.27. The molecule has 1 heterocycles. The summed E-state index contributed by atoms with van der Waals surface area (Å²) in [5, 5.41) is 3.65. The van der Waals surface area contributed by atoms with Crippen molar-refractivity contribution in [3.05, 3.63) is 29.3 Å². The molecule has 0 spiro atoms. The summed E-state index contributed by atoms with van der Waals surface area (Å²) in [6, 6.07) is 6.71. The molecule has 3 heteroatoms. The fourth-order valence-corrected chi connectivity index (χ4v) is 2.93. The number of hydrogen-bond acceptors (Lipinski definition) is 3. The van der Waals surface area contributed by atoms with E-state index in [-0.39, 0.29) is 12.1 Å². The predicted octanol–water partition coefficient (Wildman–Crippen LogP) is 3.48. The molecule has 1 aromatic rings. The van der Waals surface area contributed by atoms with Crippen LogP contribution >= 0.6 is 0 Å². The van der Waals surface area contributed by atoms with Crippen molar-refractivity contribution < 1.29 is 9.47 Å². The van der Waals surface area contributed by atoms with Gasteiger partial charge in [0.2, 0.25) is 0 Å². The third-order valence-corrected chi connectivity index (χ3v) is 3.94. The van der Waals surface area contributed by atoms with Crippen LogP contribution in [-0.2, 0) is 11.2 Å². The monoisotopic (exact) mass is 277 g/mol. The van der Waals surface area contributed by atoms with Gasteiger partial charge in [0.15, 0.2) is 0 Å². The first-order valence-corrected chi connectivity index (χ1v) is 7.82. The molecule has 2 rings (SSSR count). The SMILES string of the molecule is CCCNC(c1cccc2c1OCC2)C(CCC)OC. The molecular weight excluding hydrogens is 250 g/mol. The molecule has 0 saturated heterocycles. The first-order chi connectivity index (χ1) is 9.81. The van der Waals surface area contributed by atoms with Gasteiger partial charge in [-0.15, -0.1) is 0 Å². The molecule has 20 heavy (non-hydrogen) atoms. The minimum absolute atomic E-state index is 0.197. The van der Waals surface area contributed by atoms with Crippen LogP contribution in [0, 0.1) is 0 Å². The third kappa shape index (κ3) is 3.33. The molecule has 0 bridgehead atoms. The molecule has 0 aromatic heterocycles. The second kappa shape index (κ2) is 7.65. The van der Waals surface area contributed by atoms with Crippen LogP contribution in [0.2, 0.25) is 0 Å². The largest absolute Gasteiger partial charge is 0.493 e. The Kier molecular flexibility index (Phi) is 5.86. The third-order valence-electron chi connectivity index (χ3n) is 3.94. The Morgan fingerprint density at radius 1 is 1.30 bits per heavy atom. The summed E-state index contributed by atoms with van der Waals surface area (Å²) in [7, 11) is 1.81. The topological polar surface area (TPSA) is 30.5 Å². The lowest BCUT2D eigenvalue weighted by molar-refractivity contribution is 0.0598. The Morgan fingerprint density at radius 2 is 2.15 bits per heavy atom. The molecule has 1 aromatic carbocycles. The average molecular weight is 277 g/mol. The van der Waals surface area contributed by atoms with Crippen LogP contribution in [0.3, 0.4) is 0 Å². The molecule has 0 saturated carbocycles. The van der Waals surface area contributed by atoms with Gasteiger partial charge in [0.25, 0.3) is 0 Å². The molecule has 0 radical (unpaired) electrons. The summed E-state index contributed by atoms with van der Waals surface area (Å²) in [5.41, 5.74) is 2.59. The van der Waals surface area contributed by atoms with Crippen molar-refractivity contribution >= 4 is 0 Å². The maximum atomic E-state index is 5.87. The number of fused-ring (bicyclic) bond motifs is 1. The summed E-state index contributed by atoms with van der Waals surface area (Å²) < 4.78 is 11.6. The Bertz CT molecular complexity index is 419. The van der Waals surface area contributed by atoms with E-state index in [2.05, 4.69) is 37.4 Å². The maximum absolute atomic E-state index is 5.87. The number of ether oxygens (including phenoxy) is 2. The van der Waals surface area contributed by atoms with Gasteiger partial charge in [-0.3, -0.25) is 0 Å². The van der Waals surface area contributed by atoms with Gasteiger partial charge in [-0.05, 0) is 24.9 Å².